The highest BCUT2D eigenvalue weighted by Gasteiger charge is 2.41. The van der Waals surface area contributed by atoms with Gasteiger partial charge in [0.2, 0.25) is 0 Å². The second kappa shape index (κ2) is 3.75. The molecule has 5 nitrogen and oxygen atoms in total. The second-order valence-electron chi connectivity index (χ2n) is 5.03. The van der Waals surface area contributed by atoms with Crippen LogP contribution in [0.15, 0.2) is 12.3 Å². The van der Waals surface area contributed by atoms with Crippen LogP contribution in [-0.2, 0) is 0 Å². The lowest BCUT2D eigenvalue weighted by Gasteiger charge is -2.29. The van der Waals surface area contributed by atoms with Crippen molar-refractivity contribution in [1.82, 2.24) is 15.1 Å². The van der Waals surface area contributed by atoms with Gasteiger partial charge in [-0.05, 0) is 24.8 Å². The van der Waals surface area contributed by atoms with Gasteiger partial charge in [-0.1, -0.05) is 0 Å². The quantitative estimate of drug-likeness (QED) is 0.663. The summed E-state index contributed by atoms with van der Waals surface area (Å²) in [5.74, 6) is 1.13. The van der Waals surface area contributed by atoms with Crippen LogP contribution in [0.3, 0.4) is 0 Å². The smallest absolute Gasteiger partial charge is 0.124 e. The molecule has 2 fully saturated rings. The first-order valence-corrected chi connectivity index (χ1v) is 6.01. The van der Waals surface area contributed by atoms with Gasteiger partial charge in [-0.25, -0.2) is 4.68 Å². The summed E-state index contributed by atoms with van der Waals surface area (Å²) in [5.41, 5.74) is 6.14. The Morgan fingerprint density at radius 3 is 2.94 bits per heavy atom. The van der Waals surface area contributed by atoms with Crippen LogP contribution in [0.25, 0.3) is 0 Å². The van der Waals surface area contributed by atoms with Gasteiger partial charge in [-0.15, -0.1) is 0 Å². The van der Waals surface area contributed by atoms with Crippen LogP contribution in [0.4, 0.5) is 5.82 Å². The Hall–Kier alpha value is -1.07. The Morgan fingerprint density at radius 2 is 2.38 bits per heavy atom. The molecule has 1 aromatic heterocycles. The molecule has 0 unspecified atom stereocenters. The number of aromatic nitrogens is 2. The van der Waals surface area contributed by atoms with Crippen LogP contribution in [-0.4, -0.2) is 36.0 Å². The number of nitrogens with zero attached hydrogens (tertiary/aromatic N) is 2. The molecule has 5 heteroatoms. The van der Waals surface area contributed by atoms with Crippen LogP contribution < -0.4 is 16.4 Å². The van der Waals surface area contributed by atoms with Crippen LogP contribution in [0.5, 0.6) is 0 Å². The van der Waals surface area contributed by atoms with Gasteiger partial charge >= 0.3 is 0 Å². The third-order valence-electron chi connectivity index (χ3n) is 3.81. The topological polar surface area (TPSA) is 67.9 Å². The minimum atomic E-state index is 0.368. The van der Waals surface area contributed by atoms with Crippen LogP contribution in [0, 0.1) is 5.41 Å². The van der Waals surface area contributed by atoms with E-state index in [0.717, 1.165) is 32.0 Å². The summed E-state index contributed by atoms with van der Waals surface area (Å²) in [5, 5.41) is 11.1. The highest BCUT2D eigenvalue weighted by molar-refractivity contribution is 5.35. The lowest BCUT2D eigenvalue weighted by molar-refractivity contribution is 0.321. The molecule has 0 bridgehead atoms. The average Bonchev–Trinajstić information content (AvgIpc) is 2.88. The van der Waals surface area contributed by atoms with Crippen molar-refractivity contribution < 1.29 is 0 Å². The molecule has 3 rings (SSSR count). The summed E-state index contributed by atoms with van der Waals surface area (Å²) in [6.45, 7) is 3.82. The number of nitrogens with two attached hydrogens (primary N) is 1. The maximum atomic E-state index is 5.77. The fourth-order valence-electron chi connectivity index (χ4n) is 2.10. The zero-order valence-electron chi connectivity index (χ0n) is 9.45. The molecular formula is C11H19N5. The SMILES string of the molecule is NCC1(CNc2ccnn2C2CNC2)CC1. The van der Waals surface area contributed by atoms with Crippen LogP contribution in [0.2, 0.25) is 0 Å². The third-order valence-corrected chi connectivity index (χ3v) is 3.81. The largest absolute Gasteiger partial charge is 0.370 e. The van der Waals surface area contributed by atoms with E-state index in [2.05, 4.69) is 20.4 Å². The molecule has 1 aromatic rings. The summed E-state index contributed by atoms with van der Waals surface area (Å²) >= 11 is 0. The van der Waals surface area contributed by atoms with Crippen molar-refractivity contribution in [2.24, 2.45) is 11.1 Å². The number of hydrogen-bond donors (Lipinski definition) is 3. The third kappa shape index (κ3) is 1.70. The van der Waals surface area contributed by atoms with Gasteiger partial charge in [-0.3, -0.25) is 0 Å². The zero-order chi connectivity index (χ0) is 11.0. The first-order valence-electron chi connectivity index (χ1n) is 6.01. The van der Waals surface area contributed by atoms with E-state index < -0.39 is 0 Å². The molecule has 16 heavy (non-hydrogen) atoms. The molecule has 88 valence electrons. The zero-order valence-corrected chi connectivity index (χ0v) is 9.45. The lowest BCUT2D eigenvalue weighted by atomic mass is 10.1. The molecule has 0 amide bonds. The van der Waals surface area contributed by atoms with E-state index in [1.54, 1.807) is 0 Å². The standard InChI is InChI=1S/C11H19N5/c12-7-11(2-3-11)8-14-10-1-4-15-16(10)9-5-13-6-9/h1,4,9,13-14H,2-3,5-8,12H2. The molecule has 1 saturated carbocycles. The summed E-state index contributed by atoms with van der Waals surface area (Å²) in [7, 11) is 0. The molecule has 1 aliphatic carbocycles. The fraction of sp³-hybridized carbons (Fsp3) is 0.727. The minimum absolute atomic E-state index is 0.368. The summed E-state index contributed by atoms with van der Waals surface area (Å²) in [6, 6.07) is 2.57. The second-order valence-corrected chi connectivity index (χ2v) is 5.03. The predicted octanol–water partition coefficient (Wildman–Crippen LogP) is 0.178. The Bertz CT molecular complexity index is 364. The minimum Gasteiger partial charge on any atom is -0.370 e. The number of hydrogen-bond acceptors (Lipinski definition) is 4. The number of nitrogens with one attached hydrogen (secondary N) is 2. The van der Waals surface area contributed by atoms with Crippen molar-refractivity contribution in [2.75, 3.05) is 31.5 Å². The van der Waals surface area contributed by atoms with Crippen molar-refractivity contribution in [3.05, 3.63) is 12.3 Å². The average molecular weight is 221 g/mol. The molecule has 2 aliphatic rings. The first-order chi connectivity index (χ1) is 7.83. The van der Waals surface area contributed by atoms with E-state index >= 15 is 0 Å². The molecule has 0 aromatic carbocycles. The van der Waals surface area contributed by atoms with E-state index in [0.29, 0.717) is 11.5 Å². The molecule has 2 heterocycles. The molecule has 0 atom stereocenters. The van der Waals surface area contributed by atoms with Crippen LogP contribution >= 0.6 is 0 Å². The molecule has 1 aliphatic heterocycles. The van der Waals surface area contributed by atoms with E-state index in [1.807, 2.05) is 12.3 Å². The Labute approximate surface area is 95.4 Å². The number of anilines is 1. The first kappa shape index (κ1) is 10.1. The lowest BCUT2D eigenvalue weighted by Crippen LogP contribution is -2.44. The van der Waals surface area contributed by atoms with Crippen molar-refractivity contribution in [3.8, 4) is 0 Å². The van der Waals surface area contributed by atoms with E-state index in [1.165, 1.54) is 12.8 Å². The van der Waals surface area contributed by atoms with E-state index in [-0.39, 0.29) is 0 Å². The van der Waals surface area contributed by atoms with Crippen molar-refractivity contribution in [2.45, 2.75) is 18.9 Å². The predicted molar refractivity (Wildman–Crippen MR) is 63.3 cm³/mol. The maximum absolute atomic E-state index is 5.77. The maximum Gasteiger partial charge on any atom is 0.124 e. The van der Waals surface area contributed by atoms with Crippen molar-refractivity contribution >= 4 is 5.82 Å². The van der Waals surface area contributed by atoms with E-state index in [9.17, 15) is 0 Å². The van der Waals surface area contributed by atoms with Gasteiger partial charge in [0.15, 0.2) is 0 Å². The fourth-order valence-corrected chi connectivity index (χ4v) is 2.10. The molecule has 0 radical (unpaired) electrons. The monoisotopic (exact) mass is 221 g/mol. The van der Waals surface area contributed by atoms with Gasteiger partial charge in [-0.2, -0.15) is 5.10 Å². The normalized spacial score (nSPS) is 22.8. The molecule has 1 saturated heterocycles. The Balaban J connectivity index is 1.63. The Kier molecular flexibility index (Phi) is 2.37. The van der Waals surface area contributed by atoms with Gasteiger partial charge in [0, 0.05) is 25.7 Å². The van der Waals surface area contributed by atoms with E-state index in [4.69, 9.17) is 5.73 Å². The highest BCUT2D eigenvalue weighted by Crippen LogP contribution is 2.44. The number of rotatable bonds is 5. The van der Waals surface area contributed by atoms with Gasteiger partial charge in [0.05, 0.1) is 12.2 Å². The van der Waals surface area contributed by atoms with Gasteiger partial charge < -0.3 is 16.4 Å². The molecular weight excluding hydrogens is 202 g/mol. The highest BCUT2D eigenvalue weighted by atomic mass is 15.4. The van der Waals surface area contributed by atoms with Crippen LogP contribution in [0.1, 0.15) is 18.9 Å². The molecule has 0 spiro atoms. The van der Waals surface area contributed by atoms with Crippen molar-refractivity contribution in [1.29, 1.82) is 0 Å². The Morgan fingerprint density at radius 1 is 1.56 bits per heavy atom. The summed E-state index contributed by atoms with van der Waals surface area (Å²) in [4.78, 5) is 0. The summed E-state index contributed by atoms with van der Waals surface area (Å²) < 4.78 is 2.09. The summed E-state index contributed by atoms with van der Waals surface area (Å²) in [6.07, 6.45) is 4.38. The van der Waals surface area contributed by atoms with Gasteiger partial charge in [0.25, 0.3) is 0 Å². The van der Waals surface area contributed by atoms with Crippen molar-refractivity contribution in [3.63, 3.8) is 0 Å². The molecule has 4 N–H and O–H groups in total. The van der Waals surface area contributed by atoms with Gasteiger partial charge in [0.1, 0.15) is 5.82 Å².